The highest BCUT2D eigenvalue weighted by molar-refractivity contribution is 7.17. The lowest BCUT2D eigenvalue weighted by atomic mass is 10.2. The molecule has 3 rings (SSSR count). The summed E-state index contributed by atoms with van der Waals surface area (Å²) in [5.41, 5.74) is -0.0525. The molecular formula is C13H12N2O4S. The molecule has 104 valence electrons. The number of nitrogens with one attached hydrogen (secondary N) is 1. The molecule has 0 bridgehead atoms. The van der Waals surface area contributed by atoms with Gasteiger partial charge in [-0.25, -0.2) is 4.79 Å². The van der Waals surface area contributed by atoms with Gasteiger partial charge in [-0.3, -0.25) is 14.3 Å². The highest BCUT2D eigenvalue weighted by Gasteiger charge is 2.16. The van der Waals surface area contributed by atoms with Crippen LogP contribution in [0, 0.1) is 0 Å². The number of hydrogen-bond donors (Lipinski definition) is 1. The number of nitrogens with zero attached hydrogens (tertiary/aromatic N) is 1. The molecule has 0 aliphatic rings. The Balaban J connectivity index is 2.26. The zero-order chi connectivity index (χ0) is 14.1. The van der Waals surface area contributed by atoms with Crippen molar-refractivity contribution >= 4 is 21.6 Å². The van der Waals surface area contributed by atoms with E-state index >= 15 is 0 Å². The Morgan fingerprint density at radius 2 is 2.30 bits per heavy atom. The highest BCUT2D eigenvalue weighted by atomic mass is 32.1. The Bertz CT molecular complexity index is 841. The van der Waals surface area contributed by atoms with Crippen molar-refractivity contribution in [1.82, 2.24) is 9.55 Å². The maximum Gasteiger partial charge on any atom is 0.329 e. The molecule has 1 N–H and O–H groups in total. The zero-order valence-corrected chi connectivity index (χ0v) is 11.5. The van der Waals surface area contributed by atoms with Crippen molar-refractivity contribution in [2.24, 2.45) is 0 Å². The fourth-order valence-corrected chi connectivity index (χ4v) is 2.98. The van der Waals surface area contributed by atoms with E-state index in [1.165, 1.54) is 18.4 Å². The van der Waals surface area contributed by atoms with Crippen molar-refractivity contribution in [3.8, 4) is 11.3 Å². The number of aromatic amines is 1. The largest absolute Gasteiger partial charge is 0.464 e. The molecule has 3 aromatic rings. The molecule has 20 heavy (non-hydrogen) atoms. The van der Waals surface area contributed by atoms with E-state index in [0.717, 1.165) is 4.57 Å². The molecule has 3 heterocycles. The van der Waals surface area contributed by atoms with E-state index in [0.29, 0.717) is 28.1 Å². The summed E-state index contributed by atoms with van der Waals surface area (Å²) in [6.07, 6.45) is 1.55. The molecule has 0 saturated carbocycles. The maximum absolute atomic E-state index is 12.5. The minimum Gasteiger partial charge on any atom is -0.464 e. The summed E-state index contributed by atoms with van der Waals surface area (Å²) in [4.78, 5) is 27.7. The lowest BCUT2D eigenvalue weighted by molar-refractivity contribution is 0.185. The summed E-state index contributed by atoms with van der Waals surface area (Å²) < 4.78 is 11.4. The monoisotopic (exact) mass is 292 g/mol. The summed E-state index contributed by atoms with van der Waals surface area (Å²) in [6, 6.07) is 3.54. The molecular weight excluding hydrogens is 280 g/mol. The van der Waals surface area contributed by atoms with Crippen LogP contribution < -0.4 is 11.2 Å². The Kier molecular flexibility index (Phi) is 3.29. The lowest BCUT2D eigenvalue weighted by Crippen LogP contribution is -2.35. The summed E-state index contributed by atoms with van der Waals surface area (Å²) in [6.45, 7) is 0.517. The van der Waals surface area contributed by atoms with Crippen molar-refractivity contribution in [3.05, 3.63) is 44.6 Å². The average molecular weight is 292 g/mol. The van der Waals surface area contributed by atoms with Crippen molar-refractivity contribution in [1.29, 1.82) is 0 Å². The van der Waals surface area contributed by atoms with Crippen LogP contribution in [0.3, 0.4) is 0 Å². The van der Waals surface area contributed by atoms with Crippen LogP contribution in [-0.2, 0) is 11.3 Å². The third-order valence-corrected chi connectivity index (χ3v) is 3.92. The van der Waals surface area contributed by atoms with Crippen LogP contribution in [0.15, 0.2) is 37.8 Å². The first-order valence-corrected chi connectivity index (χ1v) is 6.87. The quantitative estimate of drug-likeness (QED) is 0.793. The molecule has 0 aliphatic carbocycles. The third kappa shape index (κ3) is 2.00. The molecule has 0 atom stereocenters. The van der Waals surface area contributed by atoms with E-state index in [1.807, 2.05) is 5.38 Å². The number of fused-ring (bicyclic) bond motifs is 1. The standard InChI is InChI=1S/C13H12N2O4S/c1-18-6-4-15-12(16)10-8(9-3-2-5-19-9)7-20-11(10)14-13(15)17/h2-3,5,7H,4,6H2,1H3,(H,14,17). The summed E-state index contributed by atoms with van der Waals surface area (Å²) in [7, 11) is 1.52. The van der Waals surface area contributed by atoms with Gasteiger partial charge in [0.05, 0.1) is 24.8 Å². The number of ether oxygens (including phenoxy) is 1. The van der Waals surface area contributed by atoms with Gasteiger partial charge in [-0.2, -0.15) is 0 Å². The topological polar surface area (TPSA) is 77.2 Å². The second-order valence-electron chi connectivity index (χ2n) is 4.21. The lowest BCUT2D eigenvalue weighted by Gasteiger charge is -2.04. The summed E-state index contributed by atoms with van der Waals surface area (Å²) in [5.74, 6) is 0.610. The van der Waals surface area contributed by atoms with E-state index in [2.05, 4.69) is 4.98 Å². The van der Waals surface area contributed by atoms with Crippen LogP contribution in [0.2, 0.25) is 0 Å². The molecule has 0 amide bonds. The van der Waals surface area contributed by atoms with E-state index < -0.39 is 5.69 Å². The van der Waals surface area contributed by atoms with Gasteiger partial charge in [-0.05, 0) is 12.1 Å². The van der Waals surface area contributed by atoms with Crippen molar-refractivity contribution in [3.63, 3.8) is 0 Å². The molecule has 0 unspecified atom stereocenters. The van der Waals surface area contributed by atoms with Crippen molar-refractivity contribution in [2.75, 3.05) is 13.7 Å². The molecule has 0 aliphatic heterocycles. The minimum absolute atomic E-state index is 0.216. The van der Waals surface area contributed by atoms with Gasteiger partial charge in [-0.15, -0.1) is 11.3 Å². The smallest absolute Gasteiger partial charge is 0.329 e. The molecule has 3 aromatic heterocycles. The normalized spacial score (nSPS) is 11.2. The van der Waals surface area contributed by atoms with Gasteiger partial charge in [0.1, 0.15) is 10.6 Å². The predicted octanol–water partition coefficient (Wildman–Crippen LogP) is 1.66. The number of furan rings is 1. The van der Waals surface area contributed by atoms with Gasteiger partial charge in [0, 0.05) is 18.1 Å². The number of hydrogen-bond acceptors (Lipinski definition) is 5. The Morgan fingerprint density at radius 1 is 1.45 bits per heavy atom. The fraction of sp³-hybridized carbons (Fsp3) is 0.231. The van der Waals surface area contributed by atoms with E-state index in [1.54, 1.807) is 18.4 Å². The third-order valence-electron chi connectivity index (χ3n) is 3.02. The number of H-pyrrole nitrogens is 1. The first-order chi connectivity index (χ1) is 9.72. The molecule has 0 fully saturated rings. The van der Waals surface area contributed by atoms with Crippen LogP contribution in [-0.4, -0.2) is 23.3 Å². The first kappa shape index (κ1) is 12.9. The van der Waals surface area contributed by atoms with Crippen molar-refractivity contribution in [2.45, 2.75) is 6.54 Å². The highest BCUT2D eigenvalue weighted by Crippen LogP contribution is 2.30. The SMILES string of the molecule is COCCn1c(=O)[nH]c2scc(-c3ccco3)c2c1=O. The van der Waals surface area contributed by atoms with Gasteiger partial charge in [0.2, 0.25) is 0 Å². The average Bonchev–Trinajstić information content (AvgIpc) is 3.06. The predicted molar refractivity (Wildman–Crippen MR) is 76.3 cm³/mol. The Labute approximate surface area is 117 Å². The molecule has 0 aromatic carbocycles. The van der Waals surface area contributed by atoms with Gasteiger partial charge in [0.25, 0.3) is 5.56 Å². The second-order valence-corrected chi connectivity index (χ2v) is 5.09. The van der Waals surface area contributed by atoms with Crippen LogP contribution in [0.1, 0.15) is 0 Å². The molecule has 0 radical (unpaired) electrons. The number of thiophene rings is 1. The van der Waals surface area contributed by atoms with E-state index in [9.17, 15) is 9.59 Å². The van der Waals surface area contributed by atoms with Crippen LogP contribution >= 0.6 is 11.3 Å². The van der Waals surface area contributed by atoms with Crippen molar-refractivity contribution < 1.29 is 9.15 Å². The van der Waals surface area contributed by atoms with Gasteiger partial charge in [-0.1, -0.05) is 0 Å². The maximum atomic E-state index is 12.5. The minimum atomic E-state index is -0.424. The van der Waals surface area contributed by atoms with Crippen LogP contribution in [0.4, 0.5) is 0 Å². The van der Waals surface area contributed by atoms with Gasteiger partial charge >= 0.3 is 5.69 Å². The second kappa shape index (κ2) is 5.10. The number of aromatic nitrogens is 2. The van der Waals surface area contributed by atoms with Crippen LogP contribution in [0.25, 0.3) is 21.5 Å². The number of rotatable bonds is 4. The van der Waals surface area contributed by atoms with Crippen LogP contribution in [0.5, 0.6) is 0 Å². The molecule has 0 spiro atoms. The first-order valence-electron chi connectivity index (χ1n) is 5.99. The molecule has 7 heteroatoms. The summed E-state index contributed by atoms with van der Waals surface area (Å²) >= 11 is 1.31. The molecule has 0 saturated heterocycles. The Hall–Kier alpha value is -2.12. The fourth-order valence-electron chi connectivity index (χ4n) is 2.05. The van der Waals surface area contributed by atoms with Gasteiger partial charge < -0.3 is 9.15 Å². The van der Waals surface area contributed by atoms with E-state index in [4.69, 9.17) is 9.15 Å². The van der Waals surface area contributed by atoms with E-state index in [-0.39, 0.29) is 12.1 Å². The summed E-state index contributed by atoms with van der Waals surface area (Å²) in [5, 5.41) is 2.28. The van der Waals surface area contributed by atoms with Gasteiger partial charge in [0.15, 0.2) is 0 Å². The zero-order valence-electron chi connectivity index (χ0n) is 10.7. The Morgan fingerprint density at radius 3 is 3.00 bits per heavy atom. The molecule has 6 nitrogen and oxygen atoms in total. The number of methoxy groups -OCH3 is 1.